The van der Waals surface area contributed by atoms with Crippen LogP contribution in [0.15, 0.2) is 4.99 Å². The molecule has 0 fully saturated rings. The van der Waals surface area contributed by atoms with Crippen LogP contribution in [0.2, 0.25) is 0 Å². The van der Waals surface area contributed by atoms with Crippen molar-refractivity contribution in [2.45, 2.75) is 39.8 Å². The SMILES string of the molecule is CC(C)NC(N)=NC(CN(C)C)C(C)C. The molecule has 0 aliphatic heterocycles. The van der Waals surface area contributed by atoms with Crippen molar-refractivity contribution in [2.75, 3.05) is 20.6 Å². The Labute approximate surface area is 93.9 Å². The largest absolute Gasteiger partial charge is 0.370 e. The van der Waals surface area contributed by atoms with Crippen molar-refractivity contribution in [3.8, 4) is 0 Å². The van der Waals surface area contributed by atoms with Gasteiger partial charge in [0.2, 0.25) is 0 Å². The normalized spacial score (nSPS) is 15.1. The van der Waals surface area contributed by atoms with Gasteiger partial charge in [-0.1, -0.05) is 13.8 Å². The Morgan fingerprint density at radius 3 is 2.13 bits per heavy atom. The first-order valence-electron chi connectivity index (χ1n) is 5.57. The van der Waals surface area contributed by atoms with Gasteiger partial charge in [0.05, 0.1) is 6.04 Å². The van der Waals surface area contributed by atoms with Crippen LogP contribution in [-0.2, 0) is 0 Å². The van der Waals surface area contributed by atoms with E-state index in [4.69, 9.17) is 5.73 Å². The minimum absolute atomic E-state index is 0.256. The highest BCUT2D eigenvalue weighted by Crippen LogP contribution is 2.06. The number of hydrogen-bond donors (Lipinski definition) is 2. The maximum atomic E-state index is 5.81. The van der Waals surface area contributed by atoms with E-state index in [1.54, 1.807) is 0 Å². The Hall–Kier alpha value is -0.770. The number of likely N-dealkylation sites (N-methyl/N-ethyl adjacent to an activating group) is 1. The fraction of sp³-hybridized carbons (Fsp3) is 0.909. The smallest absolute Gasteiger partial charge is 0.189 e. The molecule has 0 heterocycles. The Morgan fingerprint density at radius 2 is 1.80 bits per heavy atom. The third-order valence-electron chi connectivity index (χ3n) is 2.06. The molecular formula is C11H26N4. The van der Waals surface area contributed by atoms with Crippen molar-refractivity contribution in [2.24, 2.45) is 16.6 Å². The molecule has 0 rings (SSSR count). The first-order chi connectivity index (χ1) is 6.82. The molecule has 0 bridgehead atoms. The maximum absolute atomic E-state index is 5.81. The standard InChI is InChI=1S/C11H26N4/c1-8(2)10(7-15(5)6)14-11(12)13-9(3)4/h8-10H,7H2,1-6H3,(H3,12,13,14). The second-order valence-electron chi connectivity index (χ2n) is 4.89. The van der Waals surface area contributed by atoms with Gasteiger partial charge in [-0.2, -0.15) is 0 Å². The predicted molar refractivity (Wildman–Crippen MR) is 67.1 cm³/mol. The molecule has 0 saturated heterocycles. The van der Waals surface area contributed by atoms with Crippen LogP contribution in [0.3, 0.4) is 0 Å². The molecule has 1 atom stereocenters. The lowest BCUT2D eigenvalue weighted by molar-refractivity contribution is 0.331. The zero-order valence-electron chi connectivity index (χ0n) is 10.9. The van der Waals surface area contributed by atoms with Crippen molar-refractivity contribution in [1.29, 1.82) is 0 Å². The highest BCUT2D eigenvalue weighted by Gasteiger charge is 2.13. The van der Waals surface area contributed by atoms with Crippen LogP contribution in [0.4, 0.5) is 0 Å². The Balaban J connectivity index is 4.37. The van der Waals surface area contributed by atoms with Crippen molar-refractivity contribution in [1.82, 2.24) is 10.2 Å². The van der Waals surface area contributed by atoms with Crippen molar-refractivity contribution in [3.63, 3.8) is 0 Å². The Bertz CT molecular complexity index is 197. The molecule has 0 aromatic heterocycles. The van der Waals surface area contributed by atoms with Gasteiger partial charge in [0.25, 0.3) is 0 Å². The summed E-state index contributed by atoms with van der Waals surface area (Å²) in [7, 11) is 4.11. The van der Waals surface area contributed by atoms with Crippen LogP contribution < -0.4 is 11.1 Å². The zero-order chi connectivity index (χ0) is 12.0. The van der Waals surface area contributed by atoms with Crippen LogP contribution in [0.1, 0.15) is 27.7 Å². The van der Waals surface area contributed by atoms with E-state index >= 15 is 0 Å². The third kappa shape index (κ3) is 7.19. The van der Waals surface area contributed by atoms with E-state index in [2.05, 4.69) is 57.0 Å². The minimum Gasteiger partial charge on any atom is -0.370 e. The summed E-state index contributed by atoms with van der Waals surface area (Å²) in [5.41, 5.74) is 5.81. The van der Waals surface area contributed by atoms with E-state index in [1.165, 1.54) is 0 Å². The molecule has 4 nitrogen and oxygen atoms in total. The molecule has 4 heteroatoms. The van der Waals surface area contributed by atoms with Gasteiger partial charge in [0.1, 0.15) is 0 Å². The zero-order valence-corrected chi connectivity index (χ0v) is 10.9. The van der Waals surface area contributed by atoms with E-state index in [0.29, 0.717) is 17.9 Å². The molecule has 0 saturated carbocycles. The van der Waals surface area contributed by atoms with E-state index in [-0.39, 0.29) is 6.04 Å². The van der Waals surface area contributed by atoms with Gasteiger partial charge < -0.3 is 16.0 Å². The van der Waals surface area contributed by atoms with Gasteiger partial charge in [-0.15, -0.1) is 0 Å². The van der Waals surface area contributed by atoms with Gasteiger partial charge in [-0.25, -0.2) is 4.99 Å². The van der Waals surface area contributed by atoms with Gasteiger partial charge in [-0.3, -0.25) is 0 Å². The molecule has 0 spiro atoms. The van der Waals surface area contributed by atoms with E-state index in [1.807, 2.05) is 0 Å². The summed E-state index contributed by atoms with van der Waals surface area (Å²) >= 11 is 0. The van der Waals surface area contributed by atoms with Crippen molar-refractivity contribution >= 4 is 5.96 Å². The van der Waals surface area contributed by atoms with E-state index < -0.39 is 0 Å². The summed E-state index contributed by atoms with van der Waals surface area (Å²) in [6.45, 7) is 9.37. The minimum atomic E-state index is 0.256. The second kappa shape index (κ2) is 6.67. The number of nitrogens with one attached hydrogen (secondary N) is 1. The average Bonchev–Trinajstić information content (AvgIpc) is 1.99. The van der Waals surface area contributed by atoms with Crippen molar-refractivity contribution < 1.29 is 0 Å². The number of guanidine groups is 1. The lowest BCUT2D eigenvalue weighted by Gasteiger charge is -2.22. The summed E-state index contributed by atoms with van der Waals surface area (Å²) < 4.78 is 0. The first kappa shape index (κ1) is 14.2. The number of aliphatic imine (C=N–C) groups is 1. The highest BCUT2D eigenvalue weighted by atomic mass is 15.1. The Kier molecular flexibility index (Phi) is 6.32. The molecule has 90 valence electrons. The number of rotatable bonds is 5. The fourth-order valence-electron chi connectivity index (χ4n) is 1.29. The molecule has 0 aliphatic rings. The number of nitrogens with two attached hydrogens (primary N) is 1. The second-order valence-corrected chi connectivity index (χ2v) is 4.89. The van der Waals surface area contributed by atoms with Crippen LogP contribution in [0.5, 0.6) is 0 Å². The van der Waals surface area contributed by atoms with Crippen molar-refractivity contribution in [3.05, 3.63) is 0 Å². The van der Waals surface area contributed by atoms with Crippen LogP contribution in [0, 0.1) is 5.92 Å². The highest BCUT2D eigenvalue weighted by molar-refractivity contribution is 5.78. The van der Waals surface area contributed by atoms with Crippen LogP contribution in [-0.4, -0.2) is 43.6 Å². The van der Waals surface area contributed by atoms with E-state index in [9.17, 15) is 0 Å². The number of nitrogens with zero attached hydrogens (tertiary/aromatic N) is 2. The first-order valence-corrected chi connectivity index (χ1v) is 5.57. The molecule has 0 aromatic rings. The molecule has 15 heavy (non-hydrogen) atoms. The predicted octanol–water partition coefficient (Wildman–Crippen LogP) is 0.885. The summed E-state index contributed by atoms with van der Waals surface area (Å²) in [6.07, 6.45) is 0. The Morgan fingerprint density at radius 1 is 1.27 bits per heavy atom. The molecule has 3 N–H and O–H groups in total. The average molecular weight is 214 g/mol. The van der Waals surface area contributed by atoms with Gasteiger partial charge in [0, 0.05) is 12.6 Å². The summed E-state index contributed by atoms with van der Waals surface area (Å²) in [5, 5.41) is 3.11. The lowest BCUT2D eigenvalue weighted by atomic mass is 10.1. The van der Waals surface area contributed by atoms with Gasteiger partial charge in [-0.05, 0) is 33.9 Å². The monoisotopic (exact) mass is 214 g/mol. The third-order valence-corrected chi connectivity index (χ3v) is 2.06. The van der Waals surface area contributed by atoms with Crippen LogP contribution >= 0.6 is 0 Å². The molecule has 0 radical (unpaired) electrons. The summed E-state index contributed by atoms with van der Waals surface area (Å²) in [6, 6.07) is 0.590. The molecular weight excluding hydrogens is 188 g/mol. The molecule has 0 aromatic carbocycles. The topological polar surface area (TPSA) is 53.6 Å². The molecule has 0 aliphatic carbocycles. The quantitative estimate of drug-likeness (QED) is 0.528. The summed E-state index contributed by atoms with van der Waals surface area (Å²) in [4.78, 5) is 6.63. The number of hydrogen-bond acceptors (Lipinski definition) is 2. The fourth-order valence-corrected chi connectivity index (χ4v) is 1.29. The molecule has 0 amide bonds. The lowest BCUT2D eigenvalue weighted by Crippen LogP contribution is -2.40. The summed E-state index contributed by atoms with van der Waals surface area (Å²) in [5.74, 6) is 1.05. The van der Waals surface area contributed by atoms with Gasteiger partial charge >= 0.3 is 0 Å². The van der Waals surface area contributed by atoms with Crippen LogP contribution in [0.25, 0.3) is 0 Å². The molecule has 1 unspecified atom stereocenters. The van der Waals surface area contributed by atoms with Gasteiger partial charge in [0.15, 0.2) is 5.96 Å². The van der Waals surface area contributed by atoms with E-state index in [0.717, 1.165) is 6.54 Å². The maximum Gasteiger partial charge on any atom is 0.189 e.